The average Bonchev–Trinajstić information content (AvgIpc) is 3.32. The minimum absolute atomic E-state index is 0.154. The second-order valence-electron chi connectivity index (χ2n) is 5.65. The van der Waals surface area contributed by atoms with E-state index in [-0.39, 0.29) is 12.5 Å². The normalized spacial score (nSPS) is 12.0. The zero-order valence-corrected chi connectivity index (χ0v) is 16.0. The molecule has 0 unspecified atom stereocenters. The van der Waals surface area contributed by atoms with Crippen LogP contribution >= 0.6 is 22.9 Å². The van der Waals surface area contributed by atoms with Gasteiger partial charge in [-0.2, -0.15) is 4.98 Å². The number of halogens is 1. The Morgan fingerprint density at radius 2 is 2.12 bits per heavy atom. The van der Waals surface area contributed by atoms with E-state index < -0.39 is 6.10 Å². The van der Waals surface area contributed by atoms with Crippen LogP contribution in [0.1, 0.15) is 19.2 Å². The maximum atomic E-state index is 12.7. The number of likely N-dealkylation sites (N-methyl/N-ethyl adjacent to an activating group) is 1. The molecule has 0 bridgehead atoms. The van der Waals surface area contributed by atoms with Crippen molar-refractivity contribution in [2.45, 2.75) is 26.0 Å². The zero-order chi connectivity index (χ0) is 18.5. The van der Waals surface area contributed by atoms with Crippen LogP contribution in [0.3, 0.4) is 0 Å². The molecule has 0 aliphatic carbocycles. The first-order valence-corrected chi connectivity index (χ1v) is 9.36. The summed E-state index contributed by atoms with van der Waals surface area (Å²) in [5.74, 6) is 1.35. The van der Waals surface area contributed by atoms with Crippen molar-refractivity contribution in [2.75, 3.05) is 7.05 Å². The van der Waals surface area contributed by atoms with Gasteiger partial charge in [-0.25, -0.2) is 0 Å². The third-order valence-electron chi connectivity index (χ3n) is 3.70. The fraction of sp³-hybridized carbons (Fsp3) is 0.278. The Balaban J connectivity index is 1.63. The van der Waals surface area contributed by atoms with Crippen molar-refractivity contribution in [1.82, 2.24) is 15.0 Å². The van der Waals surface area contributed by atoms with Crippen LogP contribution in [-0.2, 0) is 11.3 Å². The molecule has 0 aliphatic rings. The Morgan fingerprint density at radius 1 is 1.35 bits per heavy atom. The predicted molar refractivity (Wildman–Crippen MR) is 100 cm³/mol. The third kappa shape index (κ3) is 4.42. The molecular weight excluding hydrogens is 374 g/mol. The van der Waals surface area contributed by atoms with E-state index in [9.17, 15) is 4.79 Å². The van der Waals surface area contributed by atoms with Crippen LogP contribution in [0.15, 0.2) is 46.3 Å². The number of ether oxygens (including phenoxy) is 1. The van der Waals surface area contributed by atoms with Crippen molar-refractivity contribution in [2.24, 2.45) is 0 Å². The molecule has 1 amide bonds. The molecular formula is C18H18ClN3O3S. The number of hydrogen-bond donors (Lipinski definition) is 0. The van der Waals surface area contributed by atoms with Gasteiger partial charge in [0.1, 0.15) is 5.75 Å². The van der Waals surface area contributed by atoms with E-state index in [2.05, 4.69) is 10.1 Å². The van der Waals surface area contributed by atoms with Crippen LogP contribution in [0.5, 0.6) is 5.75 Å². The third-order valence-corrected chi connectivity index (χ3v) is 4.81. The number of carbonyl (C=O) groups is 1. The lowest BCUT2D eigenvalue weighted by Crippen LogP contribution is -2.39. The van der Waals surface area contributed by atoms with E-state index in [1.165, 1.54) is 16.2 Å². The Hall–Kier alpha value is -2.38. The van der Waals surface area contributed by atoms with Gasteiger partial charge in [-0.05, 0) is 42.1 Å². The van der Waals surface area contributed by atoms with Gasteiger partial charge in [-0.1, -0.05) is 29.7 Å². The highest BCUT2D eigenvalue weighted by Crippen LogP contribution is 2.22. The molecule has 0 radical (unpaired) electrons. The summed E-state index contributed by atoms with van der Waals surface area (Å²) < 4.78 is 11.0. The Morgan fingerprint density at radius 3 is 2.77 bits per heavy atom. The predicted octanol–water partition coefficient (Wildman–Crippen LogP) is 4.27. The molecule has 0 fully saturated rings. The second kappa shape index (κ2) is 8.33. The molecule has 2 heterocycles. The molecule has 136 valence electrons. The molecule has 0 saturated heterocycles. The van der Waals surface area contributed by atoms with Crippen LogP contribution in [-0.4, -0.2) is 34.1 Å². The van der Waals surface area contributed by atoms with Crippen molar-refractivity contribution in [3.8, 4) is 16.5 Å². The molecule has 2 aromatic heterocycles. The van der Waals surface area contributed by atoms with Crippen LogP contribution < -0.4 is 4.74 Å². The first kappa shape index (κ1) is 18.4. The van der Waals surface area contributed by atoms with Gasteiger partial charge in [-0.3, -0.25) is 4.79 Å². The Kier molecular flexibility index (Phi) is 5.90. The number of rotatable bonds is 7. The van der Waals surface area contributed by atoms with E-state index in [1.807, 2.05) is 24.4 Å². The van der Waals surface area contributed by atoms with Crippen LogP contribution in [0.4, 0.5) is 0 Å². The highest BCUT2D eigenvalue weighted by molar-refractivity contribution is 7.13. The molecule has 6 nitrogen and oxygen atoms in total. The molecule has 0 aliphatic heterocycles. The lowest BCUT2D eigenvalue weighted by molar-refractivity contribution is -0.138. The summed E-state index contributed by atoms with van der Waals surface area (Å²) in [5, 5.41) is 6.52. The first-order valence-electron chi connectivity index (χ1n) is 8.10. The van der Waals surface area contributed by atoms with Gasteiger partial charge in [0.25, 0.3) is 5.91 Å². The fourth-order valence-electron chi connectivity index (χ4n) is 2.34. The number of aromatic nitrogens is 2. The van der Waals surface area contributed by atoms with Crippen molar-refractivity contribution >= 4 is 28.8 Å². The summed E-state index contributed by atoms with van der Waals surface area (Å²) in [6, 6.07) is 10.8. The smallest absolute Gasteiger partial charge is 0.263 e. The van der Waals surface area contributed by atoms with E-state index in [1.54, 1.807) is 31.3 Å². The maximum Gasteiger partial charge on any atom is 0.263 e. The van der Waals surface area contributed by atoms with E-state index in [0.29, 0.717) is 28.9 Å². The monoisotopic (exact) mass is 391 g/mol. The molecule has 1 atom stereocenters. The minimum Gasteiger partial charge on any atom is -0.481 e. The quantitative estimate of drug-likeness (QED) is 0.601. The lowest BCUT2D eigenvalue weighted by atomic mass is 10.2. The number of amides is 1. The van der Waals surface area contributed by atoms with Crippen molar-refractivity contribution in [3.05, 3.63) is 52.7 Å². The van der Waals surface area contributed by atoms with Crippen molar-refractivity contribution < 1.29 is 14.1 Å². The van der Waals surface area contributed by atoms with Gasteiger partial charge in [0.2, 0.25) is 11.7 Å². The zero-order valence-electron chi connectivity index (χ0n) is 14.4. The van der Waals surface area contributed by atoms with Gasteiger partial charge in [0.15, 0.2) is 6.10 Å². The van der Waals surface area contributed by atoms with Crippen molar-refractivity contribution in [1.29, 1.82) is 0 Å². The molecule has 3 rings (SSSR count). The summed E-state index contributed by atoms with van der Waals surface area (Å²) in [4.78, 5) is 19.5. The van der Waals surface area contributed by atoms with E-state index >= 15 is 0 Å². The lowest BCUT2D eigenvalue weighted by Gasteiger charge is -2.22. The molecule has 26 heavy (non-hydrogen) atoms. The van der Waals surface area contributed by atoms with E-state index in [0.717, 1.165) is 4.88 Å². The summed E-state index contributed by atoms with van der Waals surface area (Å²) >= 11 is 7.40. The average molecular weight is 392 g/mol. The molecule has 0 spiro atoms. The number of carbonyl (C=O) groups excluding carboxylic acids is 1. The highest BCUT2D eigenvalue weighted by Gasteiger charge is 2.24. The van der Waals surface area contributed by atoms with Gasteiger partial charge in [-0.15, -0.1) is 11.3 Å². The Bertz CT molecular complexity index is 849. The number of benzene rings is 1. The summed E-state index contributed by atoms with van der Waals surface area (Å²) in [5.41, 5.74) is 0. The summed E-state index contributed by atoms with van der Waals surface area (Å²) in [6.07, 6.45) is -0.0586. The summed E-state index contributed by atoms with van der Waals surface area (Å²) in [7, 11) is 1.69. The van der Waals surface area contributed by atoms with Crippen molar-refractivity contribution in [3.63, 3.8) is 0 Å². The molecule has 0 saturated carbocycles. The number of nitrogens with zero attached hydrogens (tertiary/aromatic N) is 3. The fourth-order valence-corrected chi connectivity index (χ4v) is 3.11. The van der Waals surface area contributed by atoms with Crippen LogP contribution in [0.2, 0.25) is 5.02 Å². The van der Waals surface area contributed by atoms with Gasteiger partial charge < -0.3 is 14.2 Å². The molecule has 3 aromatic rings. The standard InChI is InChI=1S/C18H18ClN3O3S/c1-3-14(24-13-8-6-12(19)7-9-13)18(23)22(2)11-16-20-17(21-25-16)15-5-4-10-26-15/h4-10,14H,3,11H2,1-2H3/t14-/m1/s1. The molecule has 1 aromatic carbocycles. The SMILES string of the molecule is CC[C@@H](Oc1ccc(Cl)cc1)C(=O)N(C)Cc1nc(-c2cccs2)no1. The van der Waals surface area contributed by atoms with E-state index in [4.69, 9.17) is 20.9 Å². The maximum absolute atomic E-state index is 12.7. The largest absolute Gasteiger partial charge is 0.481 e. The van der Waals surface area contributed by atoms with Gasteiger partial charge in [0, 0.05) is 12.1 Å². The second-order valence-corrected chi connectivity index (χ2v) is 7.04. The molecule has 8 heteroatoms. The first-order chi connectivity index (χ1) is 12.6. The minimum atomic E-state index is -0.596. The van der Waals surface area contributed by atoms with Gasteiger partial charge >= 0.3 is 0 Å². The Labute approximate surface area is 160 Å². The van der Waals surface area contributed by atoms with Crippen LogP contribution in [0, 0.1) is 0 Å². The highest BCUT2D eigenvalue weighted by atomic mass is 35.5. The van der Waals surface area contributed by atoms with Crippen LogP contribution in [0.25, 0.3) is 10.7 Å². The summed E-state index contributed by atoms with van der Waals surface area (Å²) in [6.45, 7) is 2.12. The molecule has 0 N–H and O–H groups in total. The number of thiophene rings is 1. The topological polar surface area (TPSA) is 68.5 Å². The van der Waals surface area contributed by atoms with Gasteiger partial charge in [0.05, 0.1) is 11.4 Å². The number of hydrogen-bond acceptors (Lipinski definition) is 6.